The molecule has 0 aliphatic carbocycles. The summed E-state index contributed by atoms with van der Waals surface area (Å²) in [6.07, 6.45) is 3.37. The van der Waals surface area contributed by atoms with Crippen LogP contribution in [0.5, 0.6) is 0 Å². The Morgan fingerprint density at radius 3 is 2.86 bits per heavy atom. The van der Waals surface area contributed by atoms with Crippen molar-refractivity contribution < 1.29 is 9.21 Å². The first kappa shape index (κ1) is 15.7. The highest BCUT2D eigenvalue weighted by Crippen LogP contribution is 2.28. The summed E-state index contributed by atoms with van der Waals surface area (Å²) in [5.41, 5.74) is 1.42. The number of oxazole rings is 1. The first-order valence-corrected chi connectivity index (χ1v) is 8.91. The van der Waals surface area contributed by atoms with E-state index < -0.39 is 0 Å². The van der Waals surface area contributed by atoms with Gasteiger partial charge in [0.2, 0.25) is 5.91 Å². The average Bonchev–Trinajstić information content (AvgIpc) is 2.87. The zero-order valence-corrected chi connectivity index (χ0v) is 14.3. The maximum atomic E-state index is 12.5. The maximum Gasteiger partial charge on any atom is 0.257 e. The Balaban J connectivity index is 1.66. The van der Waals surface area contributed by atoms with Crippen LogP contribution in [0.3, 0.4) is 0 Å². The number of amides is 1. The number of likely N-dealkylation sites (tertiary alicyclic amines) is 1. The Hall–Kier alpha value is -1.20. The molecule has 1 aromatic carbocycles. The third-order valence-corrected chi connectivity index (χ3v) is 5.18. The van der Waals surface area contributed by atoms with Crippen molar-refractivity contribution in [2.45, 2.75) is 50.4 Å². The number of piperidine rings is 1. The minimum absolute atomic E-state index is 0.157. The van der Waals surface area contributed by atoms with Crippen LogP contribution in [0.2, 0.25) is 5.02 Å². The minimum atomic E-state index is 0.157. The molecule has 0 bridgehead atoms. The van der Waals surface area contributed by atoms with E-state index >= 15 is 0 Å². The standard InChI is InChI=1S/C16H19ClN2O2S/c1-10-4-3-5-11(2)19(10)15(20)9-22-16-18-13-8-12(17)6-7-14(13)21-16/h6-8,10-11H,3-5,9H2,1-2H3/t10-,11-/m0/s1. The molecule has 4 nitrogen and oxygen atoms in total. The van der Waals surface area contributed by atoms with E-state index in [9.17, 15) is 4.79 Å². The predicted octanol–water partition coefficient (Wildman–Crippen LogP) is 4.36. The molecule has 118 valence electrons. The highest BCUT2D eigenvalue weighted by Gasteiger charge is 2.28. The van der Waals surface area contributed by atoms with Crippen molar-refractivity contribution in [2.75, 3.05) is 5.75 Å². The van der Waals surface area contributed by atoms with Gasteiger partial charge in [-0.2, -0.15) is 0 Å². The molecule has 0 N–H and O–H groups in total. The van der Waals surface area contributed by atoms with Crippen LogP contribution >= 0.6 is 23.4 Å². The Bertz CT molecular complexity index is 678. The summed E-state index contributed by atoms with van der Waals surface area (Å²) in [6.45, 7) is 4.25. The van der Waals surface area contributed by atoms with Crippen molar-refractivity contribution in [3.8, 4) is 0 Å². The van der Waals surface area contributed by atoms with Gasteiger partial charge in [-0.25, -0.2) is 4.98 Å². The Labute approximate surface area is 139 Å². The molecule has 1 fully saturated rings. The van der Waals surface area contributed by atoms with Crippen LogP contribution in [0.4, 0.5) is 0 Å². The van der Waals surface area contributed by atoms with Crippen LogP contribution < -0.4 is 0 Å². The number of thioether (sulfide) groups is 1. The fourth-order valence-electron chi connectivity index (χ4n) is 3.05. The van der Waals surface area contributed by atoms with Gasteiger partial charge in [0.15, 0.2) is 5.58 Å². The van der Waals surface area contributed by atoms with Crippen LogP contribution in [0.15, 0.2) is 27.8 Å². The molecule has 6 heteroatoms. The second kappa shape index (κ2) is 6.50. The van der Waals surface area contributed by atoms with Crippen molar-refractivity contribution in [1.29, 1.82) is 0 Å². The van der Waals surface area contributed by atoms with Gasteiger partial charge in [-0.05, 0) is 51.3 Å². The second-order valence-corrected chi connectivity index (χ2v) is 7.17. The van der Waals surface area contributed by atoms with Gasteiger partial charge in [0, 0.05) is 17.1 Å². The van der Waals surface area contributed by atoms with E-state index in [4.69, 9.17) is 16.0 Å². The summed E-state index contributed by atoms with van der Waals surface area (Å²) in [4.78, 5) is 18.9. The number of fused-ring (bicyclic) bond motifs is 1. The van der Waals surface area contributed by atoms with Gasteiger partial charge in [0.25, 0.3) is 5.22 Å². The number of benzene rings is 1. The maximum absolute atomic E-state index is 12.5. The lowest BCUT2D eigenvalue weighted by molar-refractivity contribution is -0.134. The number of carbonyl (C=O) groups excluding carboxylic acids is 1. The molecule has 0 unspecified atom stereocenters. The third kappa shape index (κ3) is 3.25. The molecule has 0 spiro atoms. The number of hydrogen-bond donors (Lipinski definition) is 0. The van der Waals surface area contributed by atoms with E-state index in [2.05, 4.69) is 18.8 Å². The summed E-state index contributed by atoms with van der Waals surface area (Å²) in [6, 6.07) is 5.97. The van der Waals surface area contributed by atoms with Gasteiger partial charge < -0.3 is 9.32 Å². The first-order valence-electron chi connectivity index (χ1n) is 7.54. The van der Waals surface area contributed by atoms with E-state index in [1.165, 1.54) is 18.2 Å². The largest absolute Gasteiger partial charge is 0.431 e. The molecule has 1 amide bonds. The van der Waals surface area contributed by atoms with Gasteiger partial charge in [-0.1, -0.05) is 23.4 Å². The SMILES string of the molecule is C[C@H]1CCC[C@H](C)N1C(=O)CSc1nc2cc(Cl)ccc2o1. The topological polar surface area (TPSA) is 46.3 Å². The highest BCUT2D eigenvalue weighted by molar-refractivity contribution is 7.99. The summed E-state index contributed by atoms with van der Waals surface area (Å²) in [5.74, 6) is 0.514. The van der Waals surface area contributed by atoms with E-state index in [0.29, 0.717) is 33.7 Å². The number of hydrogen-bond acceptors (Lipinski definition) is 4. The van der Waals surface area contributed by atoms with E-state index in [0.717, 1.165) is 18.4 Å². The van der Waals surface area contributed by atoms with Crippen LogP contribution in [0, 0.1) is 0 Å². The van der Waals surface area contributed by atoms with E-state index in [-0.39, 0.29) is 5.91 Å². The number of aromatic nitrogens is 1. The third-order valence-electron chi connectivity index (χ3n) is 4.13. The molecule has 22 heavy (non-hydrogen) atoms. The van der Waals surface area contributed by atoms with Crippen molar-refractivity contribution >= 4 is 40.4 Å². The van der Waals surface area contributed by atoms with Gasteiger partial charge in [-0.15, -0.1) is 0 Å². The van der Waals surface area contributed by atoms with Crippen LogP contribution in [-0.2, 0) is 4.79 Å². The minimum Gasteiger partial charge on any atom is -0.431 e. The lowest BCUT2D eigenvalue weighted by Gasteiger charge is -2.39. The number of halogens is 1. The zero-order chi connectivity index (χ0) is 15.7. The van der Waals surface area contributed by atoms with E-state index in [1.807, 2.05) is 4.90 Å². The Morgan fingerprint density at radius 1 is 1.41 bits per heavy atom. The average molecular weight is 339 g/mol. The molecule has 2 atom stereocenters. The van der Waals surface area contributed by atoms with Gasteiger partial charge in [0.05, 0.1) is 5.75 Å². The molecule has 0 radical (unpaired) electrons. The summed E-state index contributed by atoms with van der Waals surface area (Å²) in [7, 11) is 0. The van der Waals surface area contributed by atoms with Crippen molar-refractivity contribution in [3.05, 3.63) is 23.2 Å². The highest BCUT2D eigenvalue weighted by atomic mass is 35.5. The number of rotatable bonds is 3. The molecule has 1 aliphatic rings. The Kier molecular flexibility index (Phi) is 4.64. The van der Waals surface area contributed by atoms with Crippen LogP contribution in [0.25, 0.3) is 11.1 Å². The molecule has 1 aromatic heterocycles. The zero-order valence-electron chi connectivity index (χ0n) is 12.7. The molecule has 1 aliphatic heterocycles. The molecule has 2 aromatic rings. The smallest absolute Gasteiger partial charge is 0.257 e. The lowest BCUT2D eigenvalue weighted by atomic mass is 9.98. The molecular formula is C16H19ClN2O2S. The lowest BCUT2D eigenvalue weighted by Crippen LogP contribution is -2.48. The number of nitrogens with zero attached hydrogens (tertiary/aromatic N) is 2. The fraction of sp³-hybridized carbons (Fsp3) is 0.500. The predicted molar refractivity (Wildman–Crippen MR) is 89.4 cm³/mol. The van der Waals surface area contributed by atoms with Gasteiger partial charge in [-0.3, -0.25) is 4.79 Å². The second-order valence-electron chi connectivity index (χ2n) is 5.81. The molecule has 2 heterocycles. The Morgan fingerprint density at radius 2 is 2.14 bits per heavy atom. The van der Waals surface area contributed by atoms with E-state index in [1.54, 1.807) is 18.2 Å². The summed E-state index contributed by atoms with van der Waals surface area (Å²) >= 11 is 7.29. The van der Waals surface area contributed by atoms with Gasteiger partial charge >= 0.3 is 0 Å². The molecular weight excluding hydrogens is 320 g/mol. The van der Waals surface area contributed by atoms with Gasteiger partial charge in [0.1, 0.15) is 5.52 Å². The van der Waals surface area contributed by atoms with Crippen molar-refractivity contribution in [2.24, 2.45) is 0 Å². The van der Waals surface area contributed by atoms with Crippen molar-refractivity contribution in [3.63, 3.8) is 0 Å². The van der Waals surface area contributed by atoms with Crippen molar-refractivity contribution in [1.82, 2.24) is 9.88 Å². The molecule has 3 rings (SSSR count). The quantitative estimate of drug-likeness (QED) is 0.780. The van der Waals surface area contributed by atoms with Crippen LogP contribution in [-0.4, -0.2) is 33.6 Å². The monoisotopic (exact) mass is 338 g/mol. The van der Waals surface area contributed by atoms with Crippen LogP contribution in [0.1, 0.15) is 33.1 Å². The fourth-order valence-corrected chi connectivity index (χ4v) is 3.93. The summed E-state index contributed by atoms with van der Waals surface area (Å²) < 4.78 is 5.64. The molecule has 0 saturated carbocycles. The summed E-state index contributed by atoms with van der Waals surface area (Å²) in [5, 5.41) is 1.15. The normalized spacial score (nSPS) is 22.2. The number of carbonyl (C=O) groups is 1. The first-order chi connectivity index (χ1) is 10.5. The molecule has 1 saturated heterocycles.